The number of nitrogens with zero attached hydrogens (tertiary/aromatic N) is 4. The van der Waals surface area contributed by atoms with E-state index in [1.165, 1.54) is 23.0 Å². The molecule has 6 nitrogen and oxygen atoms in total. The topological polar surface area (TPSA) is 63.1 Å². The van der Waals surface area contributed by atoms with Crippen LogP contribution in [0, 0.1) is 0 Å². The number of hydrogen-bond donors (Lipinski definition) is 1. The largest absolute Gasteiger partial charge is 0.416 e. The molecule has 1 aliphatic heterocycles. The summed E-state index contributed by atoms with van der Waals surface area (Å²) in [5, 5.41) is 10.8. The van der Waals surface area contributed by atoms with Gasteiger partial charge in [0.2, 0.25) is 0 Å². The molecule has 0 aliphatic carbocycles. The Balaban J connectivity index is 0.00000243. The van der Waals surface area contributed by atoms with Crippen LogP contribution in [0.1, 0.15) is 28.9 Å². The van der Waals surface area contributed by atoms with E-state index in [4.69, 9.17) is 0 Å². The van der Waals surface area contributed by atoms with Crippen LogP contribution < -0.4 is 5.32 Å². The van der Waals surface area contributed by atoms with Crippen LogP contribution in [0.5, 0.6) is 0 Å². The minimum Gasteiger partial charge on any atom is -0.337 e. The van der Waals surface area contributed by atoms with Crippen molar-refractivity contribution in [1.29, 1.82) is 0 Å². The van der Waals surface area contributed by atoms with Gasteiger partial charge in [-0.3, -0.25) is 4.79 Å². The Bertz CT molecular complexity index is 756. The molecule has 0 atom stereocenters. The van der Waals surface area contributed by atoms with Crippen molar-refractivity contribution in [3.8, 4) is 5.69 Å². The Morgan fingerprint density at radius 2 is 1.96 bits per heavy atom. The molecule has 0 unspecified atom stereocenters. The quantitative estimate of drug-likeness (QED) is 0.876. The molecule has 0 radical (unpaired) electrons. The highest BCUT2D eigenvalue weighted by atomic mass is 35.5. The van der Waals surface area contributed by atoms with Crippen LogP contribution in [-0.2, 0) is 6.18 Å². The fraction of sp³-hybridized carbons (Fsp3) is 0.438. The van der Waals surface area contributed by atoms with Gasteiger partial charge < -0.3 is 10.2 Å². The summed E-state index contributed by atoms with van der Waals surface area (Å²) in [6.07, 6.45) is -1.37. The van der Waals surface area contributed by atoms with Gasteiger partial charge >= 0.3 is 6.18 Å². The van der Waals surface area contributed by atoms with Gasteiger partial charge in [0.15, 0.2) is 5.69 Å². The third-order valence-corrected chi connectivity index (χ3v) is 4.34. The predicted octanol–water partition coefficient (Wildman–Crippen LogP) is 2.53. The number of carbonyl (C=O) groups is 1. The number of amides is 1. The van der Waals surface area contributed by atoms with E-state index in [-0.39, 0.29) is 29.7 Å². The van der Waals surface area contributed by atoms with E-state index >= 15 is 0 Å². The molecule has 0 spiro atoms. The van der Waals surface area contributed by atoms with Crippen molar-refractivity contribution in [2.45, 2.75) is 25.1 Å². The van der Waals surface area contributed by atoms with E-state index in [9.17, 15) is 18.0 Å². The number of alkyl halides is 3. The first kappa shape index (κ1) is 20.2. The van der Waals surface area contributed by atoms with Gasteiger partial charge in [0.1, 0.15) is 0 Å². The summed E-state index contributed by atoms with van der Waals surface area (Å²) in [5.74, 6) is -0.257. The molecule has 1 aromatic carbocycles. The zero-order valence-electron chi connectivity index (χ0n) is 14.0. The molecule has 3 rings (SSSR count). The third kappa shape index (κ3) is 4.34. The minimum absolute atomic E-state index is 0. The SMILES string of the molecule is CNC1CCN(C(=O)c2cn(-c3cccc(C(F)(F)F)c3)nn2)CC1.Cl. The van der Waals surface area contributed by atoms with Crippen molar-refractivity contribution < 1.29 is 18.0 Å². The van der Waals surface area contributed by atoms with Crippen LogP contribution in [0.3, 0.4) is 0 Å². The van der Waals surface area contributed by atoms with Crippen LogP contribution in [0.4, 0.5) is 13.2 Å². The van der Waals surface area contributed by atoms with E-state index in [0.29, 0.717) is 19.1 Å². The zero-order valence-corrected chi connectivity index (χ0v) is 14.8. The van der Waals surface area contributed by atoms with E-state index < -0.39 is 11.7 Å². The molecule has 0 saturated carbocycles. The average molecular weight is 390 g/mol. The number of hydrogen-bond acceptors (Lipinski definition) is 4. The molecule has 142 valence electrons. The summed E-state index contributed by atoms with van der Waals surface area (Å²) in [7, 11) is 1.89. The van der Waals surface area contributed by atoms with Crippen molar-refractivity contribution in [3.05, 3.63) is 41.7 Å². The summed E-state index contributed by atoms with van der Waals surface area (Å²) >= 11 is 0. The minimum atomic E-state index is -4.44. The second-order valence-electron chi connectivity index (χ2n) is 5.95. The summed E-state index contributed by atoms with van der Waals surface area (Å²) in [6.45, 7) is 1.22. The maximum absolute atomic E-state index is 12.8. The number of rotatable bonds is 3. The average Bonchev–Trinajstić information content (AvgIpc) is 3.11. The van der Waals surface area contributed by atoms with Gasteiger partial charge in [0, 0.05) is 19.1 Å². The lowest BCUT2D eigenvalue weighted by molar-refractivity contribution is -0.137. The molecule has 2 aromatic rings. The smallest absolute Gasteiger partial charge is 0.337 e. The molecule has 1 N–H and O–H groups in total. The van der Waals surface area contributed by atoms with Crippen LogP contribution in [0.2, 0.25) is 0 Å². The van der Waals surface area contributed by atoms with Crippen molar-refractivity contribution in [2.75, 3.05) is 20.1 Å². The van der Waals surface area contributed by atoms with E-state index in [1.54, 1.807) is 4.90 Å². The molecular formula is C16H19ClF3N5O. The van der Waals surface area contributed by atoms with Crippen molar-refractivity contribution in [2.24, 2.45) is 0 Å². The van der Waals surface area contributed by atoms with Gasteiger partial charge in [-0.2, -0.15) is 13.2 Å². The molecule has 26 heavy (non-hydrogen) atoms. The highest BCUT2D eigenvalue weighted by Gasteiger charge is 2.31. The number of benzene rings is 1. The van der Waals surface area contributed by atoms with E-state index in [0.717, 1.165) is 25.0 Å². The van der Waals surface area contributed by atoms with E-state index in [1.807, 2.05) is 7.05 Å². The molecule has 1 aliphatic rings. The monoisotopic (exact) mass is 389 g/mol. The van der Waals surface area contributed by atoms with Crippen LogP contribution in [0.25, 0.3) is 5.69 Å². The molecule has 1 saturated heterocycles. The van der Waals surface area contributed by atoms with Gasteiger partial charge in [-0.25, -0.2) is 4.68 Å². The Labute approximate surface area is 154 Å². The molecule has 1 fully saturated rings. The van der Waals surface area contributed by atoms with Crippen LogP contribution >= 0.6 is 12.4 Å². The Hall–Kier alpha value is -2.13. The second-order valence-corrected chi connectivity index (χ2v) is 5.95. The molecule has 0 bridgehead atoms. The van der Waals surface area contributed by atoms with Crippen molar-refractivity contribution in [3.63, 3.8) is 0 Å². The molecule has 1 amide bonds. The van der Waals surface area contributed by atoms with Gasteiger partial charge in [0.05, 0.1) is 17.4 Å². The summed E-state index contributed by atoms with van der Waals surface area (Å²) in [5.41, 5.74) is -0.446. The fourth-order valence-electron chi connectivity index (χ4n) is 2.85. The Morgan fingerprint density at radius 1 is 1.27 bits per heavy atom. The number of likely N-dealkylation sites (tertiary alicyclic amines) is 1. The van der Waals surface area contributed by atoms with Crippen molar-refractivity contribution >= 4 is 18.3 Å². The number of piperidine rings is 1. The summed E-state index contributed by atoms with van der Waals surface area (Å²) in [4.78, 5) is 14.2. The molecule has 2 heterocycles. The number of carbonyl (C=O) groups excluding carboxylic acids is 1. The van der Waals surface area contributed by atoms with E-state index in [2.05, 4.69) is 15.6 Å². The first-order chi connectivity index (χ1) is 11.9. The van der Waals surface area contributed by atoms with Gasteiger partial charge in [-0.15, -0.1) is 17.5 Å². The molecule has 1 aromatic heterocycles. The Kier molecular flexibility index (Phi) is 6.25. The predicted molar refractivity (Wildman–Crippen MR) is 91.6 cm³/mol. The first-order valence-corrected chi connectivity index (χ1v) is 7.95. The second kappa shape index (κ2) is 8.05. The number of nitrogens with one attached hydrogen (secondary N) is 1. The standard InChI is InChI=1S/C16H18F3N5O.ClH/c1-20-12-5-7-23(8-6-12)15(25)14-10-24(22-21-14)13-4-2-3-11(9-13)16(17,18)19;/h2-4,9-10,12,20H,5-8H2,1H3;1H. The first-order valence-electron chi connectivity index (χ1n) is 7.95. The lowest BCUT2D eigenvalue weighted by atomic mass is 10.1. The maximum Gasteiger partial charge on any atom is 0.416 e. The zero-order chi connectivity index (χ0) is 18.0. The molecule has 10 heteroatoms. The maximum atomic E-state index is 12.8. The highest BCUT2D eigenvalue weighted by Crippen LogP contribution is 2.30. The van der Waals surface area contributed by atoms with Crippen LogP contribution in [-0.4, -0.2) is 52.0 Å². The Morgan fingerprint density at radius 3 is 2.58 bits per heavy atom. The third-order valence-electron chi connectivity index (χ3n) is 4.34. The molecular weight excluding hydrogens is 371 g/mol. The van der Waals surface area contributed by atoms with Crippen LogP contribution in [0.15, 0.2) is 30.5 Å². The normalized spacial score (nSPS) is 15.6. The lowest BCUT2D eigenvalue weighted by Crippen LogP contribution is -2.44. The fourth-order valence-corrected chi connectivity index (χ4v) is 2.85. The van der Waals surface area contributed by atoms with Gasteiger partial charge in [0.25, 0.3) is 5.91 Å². The van der Waals surface area contributed by atoms with Gasteiger partial charge in [-0.05, 0) is 38.1 Å². The highest BCUT2D eigenvalue weighted by molar-refractivity contribution is 5.92. The summed E-state index contributed by atoms with van der Waals surface area (Å²) in [6, 6.07) is 5.13. The number of aromatic nitrogens is 3. The summed E-state index contributed by atoms with van der Waals surface area (Å²) < 4.78 is 39.6. The number of halogens is 4. The van der Waals surface area contributed by atoms with Gasteiger partial charge in [-0.1, -0.05) is 11.3 Å². The lowest BCUT2D eigenvalue weighted by Gasteiger charge is -2.31. The van der Waals surface area contributed by atoms with Crippen molar-refractivity contribution in [1.82, 2.24) is 25.2 Å².